The van der Waals surface area contributed by atoms with Gasteiger partial charge in [0.1, 0.15) is 5.75 Å². The van der Waals surface area contributed by atoms with Crippen LogP contribution in [0.2, 0.25) is 5.02 Å². The number of sulfone groups is 1. The van der Waals surface area contributed by atoms with Crippen molar-refractivity contribution in [3.8, 4) is 5.75 Å². The van der Waals surface area contributed by atoms with Crippen LogP contribution in [0, 0.1) is 0 Å². The summed E-state index contributed by atoms with van der Waals surface area (Å²) in [6, 6.07) is 3.52. The Morgan fingerprint density at radius 3 is 2.82 bits per heavy atom. The van der Waals surface area contributed by atoms with Crippen molar-refractivity contribution in [1.82, 2.24) is 0 Å². The Morgan fingerprint density at radius 2 is 2.24 bits per heavy atom. The zero-order valence-corrected chi connectivity index (χ0v) is 12.4. The molecule has 1 aliphatic heterocycles. The van der Waals surface area contributed by atoms with Crippen LogP contribution in [0.5, 0.6) is 5.75 Å². The molecule has 1 aromatic rings. The Balaban J connectivity index is 2.58. The molecule has 6 heteroatoms. The van der Waals surface area contributed by atoms with Gasteiger partial charge in [0.25, 0.3) is 0 Å². The molecule has 1 atom stereocenters. The monoisotopic (exact) mass is 338 g/mol. The summed E-state index contributed by atoms with van der Waals surface area (Å²) in [5.41, 5.74) is 1.60. The van der Waals surface area contributed by atoms with E-state index in [2.05, 4.69) is 15.9 Å². The predicted molar refractivity (Wildman–Crippen MR) is 71.8 cm³/mol. The lowest BCUT2D eigenvalue weighted by atomic mass is 10.0. The molecule has 0 saturated heterocycles. The molecule has 0 fully saturated rings. The smallest absolute Gasteiger partial charge is 0.154 e. The summed E-state index contributed by atoms with van der Waals surface area (Å²) in [5.74, 6) is 0.585. The Morgan fingerprint density at radius 1 is 1.53 bits per heavy atom. The van der Waals surface area contributed by atoms with Gasteiger partial charge >= 0.3 is 0 Å². The van der Waals surface area contributed by atoms with Crippen LogP contribution < -0.4 is 4.74 Å². The largest absolute Gasteiger partial charge is 0.493 e. The highest BCUT2D eigenvalue weighted by molar-refractivity contribution is 9.08. The van der Waals surface area contributed by atoms with Crippen molar-refractivity contribution in [2.45, 2.75) is 17.0 Å². The molecule has 3 nitrogen and oxygen atoms in total. The topological polar surface area (TPSA) is 43.4 Å². The van der Waals surface area contributed by atoms with Gasteiger partial charge in [0.05, 0.1) is 11.9 Å². The van der Waals surface area contributed by atoms with E-state index in [-0.39, 0.29) is 0 Å². The Hall–Kier alpha value is -0.260. The first-order chi connectivity index (χ1) is 7.93. The molecule has 0 bridgehead atoms. The number of halogens is 2. The molecule has 0 spiro atoms. The normalized spacial score (nSPS) is 19.6. The molecule has 94 valence electrons. The minimum absolute atomic E-state index is 0.411. The molecule has 2 rings (SSSR count). The Bertz CT molecular complexity index is 542. The SMILES string of the molecule is CS(=O)(=O)C1CCOc2cc(Cl)c(CBr)cc21. The van der Waals surface area contributed by atoms with E-state index in [1.165, 1.54) is 6.26 Å². The molecular formula is C11H12BrClO3S. The van der Waals surface area contributed by atoms with Gasteiger partial charge in [0.15, 0.2) is 9.84 Å². The van der Waals surface area contributed by atoms with Crippen LogP contribution in [0.1, 0.15) is 22.8 Å². The molecule has 0 amide bonds. The second-order valence-corrected chi connectivity index (χ2v) is 7.27. The third kappa shape index (κ3) is 2.61. The summed E-state index contributed by atoms with van der Waals surface area (Å²) in [7, 11) is -3.12. The summed E-state index contributed by atoms with van der Waals surface area (Å²) < 4.78 is 28.9. The summed E-state index contributed by atoms with van der Waals surface area (Å²) >= 11 is 9.40. The van der Waals surface area contributed by atoms with Crippen LogP contribution in [-0.2, 0) is 15.2 Å². The van der Waals surface area contributed by atoms with Gasteiger partial charge in [-0.2, -0.15) is 0 Å². The van der Waals surface area contributed by atoms with Crippen molar-refractivity contribution < 1.29 is 13.2 Å². The van der Waals surface area contributed by atoms with Crippen LogP contribution >= 0.6 is 27.5 Å². The third-order valence-corrected chi connectivity index (χ3v) is 5.30. The maximum atomic E-state index is 11.7. The molecule has 17 heavy (non-hydrogen) atoms. The standard InChI is InChI=1S/C11H12BrClO3S/c1-17(14,15)11-2-3-16-10-5-9(13)7(6-12)4-8(10)11/h4-5,11H,2-3,6H2,1H3. The van der Waals surface area contributed by atoms with E-state index in [0.29, 0.717) is 29.1 Å². The van der Waals surface area contributed by atoms with Gasteiger partial charge in [0, 0.05) is 28.6 Å². The van der Waals surface area contributed by atoms with Gasteiger partial charge in [0.2, 0.25) is 0 Å². The van der Waals surface area contributed by atoms with E-state index in [0.717, 1.165) is 11.1 Å². The van der Waals surface area contributed by atoms with Crippen LogP contribution in [0.15, 0.2) is 12.1 Å². The van der Waals surface area contributed by atoms with Crippen LogP contribution in [-0.4, -0.2) is 21.3 Å². The van der Waals surface area contributed by atoms with E-state index in [1.807, 2.05) is 6.07 Å². The number of fused-ring (bicyclic) bond motifs is 1. The third-order valence-electron chi connectivity index (χ3n) is 2.82. The maximum absolute atomic E-state index is 11.7. The van der Waals surface area contributed by atoms with Crippen molar-refractivity contribution in [3.05, 3.63) is 28.3 Å². The van der Waals surface area contributed by atoms with Gasteiger partial charge < -0.3 is 4.74 Å². The molecule has 1 aromatic carbocycles. The molecule has 1 heterocycles. The van der Waals surface area contributed by atoms with E-state index in [1.54, 1.807) is 6.07 Å². The summed E-state index contributed by atoms with van der Waals surface area (Å²) in [5, 5.41) is 0.700. The zero-order valence-electron chi connectivity index (χ0n) is 9.24. The van der Waals surface area contributed by atoms with E-state index >= 15 is 0 Å². The second-order valence-electron chi connectivity index (χ2n) is 4.07. The fourth-order valence-corrected chi connectivity index (χ4v) is 3.99. The van der Waals surface area contributed by atoms with Crippen molar-refractivity contribution in [2.24, 2.45) is 0 Å². The fraction of sp³-hybridized carbons (Fsp3) is 0.455. The zero-order chi connectivity index (χ0) is 12.6. The number of ether oxygens (including phenoxy) is 1. The van der Waals surface area contributed by atoms with Gasteiger partial charge in [-0.15, -0.1) is 0 Å². The first-order valence-corrected chi connectivity index (χ1v) is 8.59. The van der Waals surface area contributed by atoms with Gasteiger partial charge in [-0.05, 0) is 17.7 Å². The lowest BCUT2D eigenvalue weighted by Crippen LogP contribution is -2.21. The minimum atomic E-state index is -3.12. The second kappa shape index (κ2) is 4.78. The van der Waals surface area contributed by atoms with Gasteiger partial charge in [-0.3, -0.25) is 0 Å². The Kier molecular flexibility index (Phi) is 3.71. The molecule has 0 radical (unpaired) electrons. The highest BCUT2D eigenvalue weighted by atomic mass is 79.9. The van der Waals surface area contributed by atoms with Gasteiger partial charge in [-0.1, -0.05) is 27.5 Å². The van der Waals surface area contributed by atoms with Crippen molar-refractivity contribution >= 4 is 37.4 Å². The van der Waals surface area contributed by atoms with Crippen LogP contribution in [0.3, 0.4) is 0 Å². The van der Waals surface area contributed by atoms with E-state index in [4.69, 9.17) is 16.3 Å². The number of hydrogen-bond acceptors (Lipinski definition) is 3. The first kappa shape index (κ1) is 13.2. The average molecular weight is 340 g/mol. The summed E-state index contributed by atoms with van der Waals surface area (Å²) in [6.45, 7) is 0.411. The number of hydrogen-bond donors (Lipinski definition) is 0. The fourth-order valence-electron chi connectivity index (χ4n) is 1.97. The molecule has 0 aromatic heterocycles. The highest BCUT2D eigenvalue weighted by Crippen LogP contribution is 2.40. The molecule has 1 unspecified atom stereocenters. The predicted octanol–water partition coefficient (Wildman–Crippen LogP) is 3.10. The van der Waals surface area contributed by atoms with Crippen LogP contribution in [0.25, 0.3) is 0 Å². The van der Waals surface area contributed by atoms with E-state index in [9.17, 15) is 8.42 Å². The number of alkyl halides is 1. The molecule has 1 aliphatic rings. The Labute approximate surface area is 114 Å². The van der Waals surface area contributed by atoms with Gasteiger partial charge in [-0.25, -0.2) is 8.42 Å². The molecule has 0 N–H and O–H groups in total. The first-order valence-electron chi connectivity index (χ1n) is 5.13. The van der Waals surface area contributed by atoms with Crippen molar-refractivity contribution in [2.75, 3.05) is 12.9 Å². The van der Waals surface area contributed by atoms with E-state index < -0.39 is 15.1 Å². The lowest BCUT2D eigenvalue weighted by Gasteiger charge is -2.25. The highest BCUT2D eigenvalue weighted by Gasteiger charge is 2.30. The number of benzene rings is 1. The number of rotatable bonds is 2. The molecule has 0 aliphatic carbocycles. The average Bonchev–Trinajstić information content (AvgIpc) is 2.25. The maximum Gasteiger partial charge on any atom is 0.154 e. The summed E-state index contributed by atoms with van der Waals surface area (Å²) in [6.07, 6.45) is 1.75. The van der Waals surface area contributed by atoms with Crippen LogP contribution in [0.4, 0.5) is 0 Å². The van der Waals surface area contributed by atoms with Crippen molar-refractivity contribution in [1.29, 1.82) is 0 Å². The quantitative estimate of drug-likeness (QED) is 0.778. The van der Waals surface area contributed by atoms with Crippen molar-refractivity contribution in [3.63, 3.8) is 0 Å². The molecule has 0 saturated carbocycles. The minimum Gasteiger partial charge on any atom is -0.493 e. The summed E-state index contributed by atoms with van der Waals surface area (Å²) in [4.78, 5) is 0. The molecular weight excluding hydrogens is 328 g/mol. The lowest BCUT2D eigenvalue weighted by molar-refractivity contribution is 0.283.